The van der Waals surface area contributed by atoms with Gasteiger partial charge in [0.15, 0.2) is 0 Å². The van der Waals surface area contributed by atoms with Crippen LogP contribution in [0, 0.1) is 5.82 Å². The van der Waals surface area contributed by atoms with Gasteiger partial charge in [0, 0.05) is 30.7 Å². The Bertz CT molecular complexity index is 421. The SMILES string of the molecule is COc1cccc(F)c1C(C)NCCN(C)C1CC1. The molecule has 2 rings (SSSR count). The normalized spacial score (nSPS) is 16.7. The molecule has 1 unspecified atom stereocenters. The van der Waals surface area contributed by atoms with Crippen molar-refractivity contribution < 1.29 is 9.13 Å². The van der Waals surface area contributed by atoms with E-state index in [0.29, 0.717) is 11.3 Å². The van der Waals surface area contributed by atoms with Crippen LogP contribution in [0.1, 0.15) is 31.4 Å². The largest absolute Gasteiger partial charge is 0.496 e. The Kier molecular flexibility index (Phi) is 4.77. The van der Waals surface area contributed by atoms with Gasteiger partial charge in [-0.15, -0.1) is 0 Å². The molecule has 0 aliphatic heterocycles. The monoisotopic (exact) mass is 266 g/mol. The topological polar surface area (TPSA) is 24.5 Å². The number of halogens is 1. The molecule has 4 heteroatoms. The molecule has 106 valence electrons. The first-order valence-electron chi connectivity index (χ1n) is 6.89. The summed E-state index contributed by atoms with van der Waals surface area (Å²) in [6.07, 6.45) is 2.63. The van der Waals surface area contributed by atoms with Crippen LogP contribution in [0.4, 0.5) is 4.39 Å². The number of nitrogens with one attached hydrogen (secondary N) is 1. The van der Waals surface area contributed by atoms with Gasteiger partial charge >= 0.3 is 0 Å². The van der Waals surface area contributed by atoms with Gasteiger partial charge in [0.05, 0.1) is 7.11 Å². The molecule has 1 saturated carbocycles. The zero-order valence-electron chi connectivity index (χ0n) is 11.9. The summed E-state index contributed by atoms with van der Waals surface area (Å²) in [6, 6.07) is 5.66. The van der Waals surface area contributed by atoms with Gasteiger partial charge in [-0.05, 0) is 38.9 Å². The Morgan fingerprint density at radius 1 is 1.47 bits per heavy atom. The van der Waals surface area contributed by atoms with Crippen LogP contribution in [0.2, 0.25) is 0 Å². The minimum absolute atomic E-state index is 0.0521. The summed E-state index contributed by atoms with van der Waals surface area (Å²) in [5.41, 5.74) is 0.610. The molecule has 0 spiro atoms. The predicted molar refractivity (Wildman–Crippen MR) is 75.0 cm³/mol. The molecule has 0 radical (unpaired) electrons. The van der Waals surface area contributed by atoms with Crippen molar-refractivity contribution in [2.45, 2.75) is 31.8 Å². The molecule has 0 bridgehead atoms. The fraction of sp³-hybridized carbons (Fsp3) is 0.600. The molecule has 19 heavy (non-hydrogen) atoms. The van der Waals surface area contributed by atoms with Gasteiger partial charge in [-0.3, -0.25) is 0 Å². The smallest absolute Gasteiger partial charge is 0.131 e. The third-order valence-electron chi connectivity index (χ3n) is 3.75. The quantitative estimate of drug-likeness (QED) is 0.821. The molecule has 1 aromatic carbocycles. The lowest BCUT2D eigenvalue weighted by atomic mass is 10.1. The fourth-order valence-electron chi connectivity index (χ4n) is 2.37. The maximum atomic E-state index is 13.9. The molecule has 0 aromatic heterocycles. The molecule has 1 aliphatic rings. The molecule has 1 atom stereocenters. The molecular weight excluding hydrogens is 243 g/mol. The minimum atomic E-state index is -0.213. The summed E-state index contributed by atoms with van der Waals surface area (Å²) in [5, 5.41) is 3.37. The summed E-state index contributed by atoms with van der Waals surface area (Å²) in [4.78, 5) is 2.36. The van der Waals surface area contributed by atoms with E-state index in [0.717, 1.165) is 19.1 Å². The van der Waals surface area contributed by atoms with Gasteiger partial charge in [-0.1, -0.05) is 6.07 Å². The van der Waals surface area contributed by atoms with E-state index in [1.807, 2.05) is 6.92 Å². The summed E-state index contributed by atoms with van der Waals surface area (Å²) >= 11 is 0. The second kappa shape index (κ2) is 6.35. The van der Waals surface area contributed by atoms with Crippen LogP contribution in [0.3, 0.4) is 0 Å². The van der Waals surface area contributed by atoms with Crippen LogP contribution < -0.4 is 10.1 Å². The summed E-state index contributed by atoms with van der Waals surface area (Å²) in [7, 11) is 3.72. The lowest BCUT2D eigenvalue weighted by molar-refractivity contribution is 0.314. The number of hydrogen-bond acceptors (Lipinski definition) is 3. The van der Waals surface area contributed by atoms with Gasteiger partial charge in [0.1, 0.15) is 11.6 Å². The Labute approximate surface area is 114 Å². The zero-order valence-corrected chi connectivity index (χ0v) is 11.9. The first kappa shape index (κ1) is 14.3. The summed E-state index contributed by atoms with van der Waals surface area (Å²) in [5.74, 6) is 0.394. The van der Waals surface area contributed by atoms with E-state index >= 15 is 0 Å². The number of likely N-dealkylation sites (N-methyl/N-ethyl adjacent to an activating group) is 1. The molecule has 1 fully saturated rings. The Balaban J connectivity index is 1.89. The predicted octanol–water partition coefficient (Wildman–Crippen LogP) is 2.58. The second-order valence-corrected chi connectivity index (χ2v) is 5.24. The Morgan fingerprint density at radius 3 is 2.84 bits per heavy atom. The highest BCUT2D eigenvalue weighted by Gasteiger charge is 2.25. The van der Waals surface area contributed by atoms with Gasteiger partial charge in [0.2, 0.25) is 0 Å². The highest BCUT2D eigenvalue weighted by Crippen LogP contribution is 2.28. The van der Waals surface area contributed by atoms with Crippen LogP contribution >= 0.6 is 0 Å². The average Bonchev–Trinajstić information content (AvgIpc) is 3.22. The van der Waals surface area contributed by atoms with E-state index in [9.17, 15) is 4.39 Å². The van der Waals surface area contributed by atoms with Gasteiger partial charge < -0.3 is 15.0 Å². The average molecular weight is 266 g/mol. The molecule has 0 saturated heterocycles. The van der Waals surface area contributed by atoms with Crippen molar-refractivity contribution in [2.75, 3.05) is 27.2 Å². The lowest BCUT2D eigenvalue weighted by Gasteiger charge is -2.20. The molecule has 1 aromatic rings. The van der Waals surface area contributed by atoms with Crippen LogP contribution in [-0.2, 0) is 0 Å². The maximum Gasteiger partial charge on any atom is 0.131 e. The first-order valence-corrected chi connectivity index (χ1v) is 6.89. The fourth-order valence-corrected chi connectivity index (χ4v) is 2.37. The standard InChI is InChI=1S/C15H23FN2O/c1-11(17-9-10-18(2)12-7-8-12)15-13(16)5-4-6-14(15)19-3/h4-6,11-12,17H,7-10H2,1-3H3. The van der Waals surface area contributed by atoms with E-state index in [2.05, 4.69) is 17.3 Å². The highest BCUT2D eigenvalue weighted by molar-refractivity contribution is 5.36. The van der Waals surface area contributed by atoms with Crippen molar-refractivity contribution in [3.63, 3.8) is 0 Å². The van der Waals surface area contributed by atoms with E-state index in [1.165, 1.54) is 18.9 Å². The van der Waals surface area contributed by atoms with Crippen LogP contribution in [0.5, 0.6) is 5.75 Å². The van der Waals surface area contributed by atoms with Crippen molar-refractivity contribution in [1.82, 2.24) is 10.2 Å². The van der Waals surface area contributed by atoms with Crippen molar-refractivity contribution in [2.24, 2.45) is 0 Å². The van der Waals surface area contributed by atoms with Gasteiger partial charge in [0.25, 0.3) is 0 Å². The molecule has 0 amide bonds. The lowest BCUT2D eigenvalue weighted by Crippen LogP contribution is -2.32. The number of ether oxygens (including phenoxy) is 1. The van der Waals surface area contributed by atoms with Crippen molar-refractivity contribution in [1.29, 1.82) is 0 Å². The highest BCUT2D eigenvalue weighted by atomic mass is 19.1. The molecule has 1 aliphatic carbocycles. The third kappa shape index (κ3) is 3.67. The van der Waals surface area contributed by atoms with Crippen LogP contribution in [0.15, 0.2) is 18.2 Å². The molecule has 0 heterocycles. The number of benzene rings is 1. The molecule has 3 nitrogen and oxygen atoms in total. The van der Waals surface area contributed by atoms with E-state index in [4.69, 9.17) is 4.74 Å². The van der Waals surface area contributed by atoms with E-state index in [1.54, 1.807) is 19.2 Å². The van der Waals surface area contributed by atoms with Crippen molar-refractivity contribution >= 4 is 0 Å². The first-order chi connectivity index (χ1) is 9.13. The third-order valence-corrected chi connectivity index (χ3v) is 3.75. The van der Waals surface area contributed by atoms with Crippen LogP contribution in [0.25, 0.3) is 0 Å². The van der Waals surface area contributed by atoms with Gasteiger partial charge in [-0.25, -0.2) is 4.39 Å². The zero-order chi connectivity index (χ0) is 13.8. The summed E-state index contributed by atoms with van der Waals surface area (Å²) < 4.78 is 19.1. The van der Waals surface area contributed by atoms with Crippen molar-refractivity contribution in [3.8, 4) is 5.75 Å². The molecular formula is C15H23FN2O. The second-order valence-electron chi connectivity index (χ2n) is 5.24. The van der Waals surface area contributed by atoms with Crippen molar-refractivity contribution in [3.05, 3.63) is 29.6 Å². The number of rotatable bonds is 7. The number of hydrogen-bond donors (Lipinski definition) is 1. The Morgan fingerprint density at radius 2 is 2.21 bits per heavy atom. The molecule has 1 N–H and O–H groups in total. The summed E-state index contributed by atoms with van der Waals surface area (Å²) in [6.45, 7) is 3.81. The van der Waals surface area contributed by atoms with Crippen LogP contribution in [-0.4, -0.2) is 38.2 Å². The maximum absolute atomic E-state index is 13.9. The number of methoxy groups -OCH3 is 1. The Hall–Kier alpha value is -1.13. The minimum Gasteiger partial charge on any atom is -0.496 e. The van der Waals surface area contributed by atoms with E-state index < -0.39 is 0 Å². The van der Waals surface area contributed by atoms with E-state index in [-0.39, 0.29) is 11.9 Å². The van der Waals surface area contributed by atoms with Gasteiger partial charge in [-0.2, -0.15) is 0 Å². The number of nitrogens with zero attached hydrogens (tertiary/aromatic N) is 1.